The minimum atomic E-state index is -0.894. The van der Waals surface area contributed by atoms with Crippen molar-refractivity contribution in [1.82, 2.24) is 10.6 Å². The molecule has 0 aromatic heterocycles. The fourth-order valence-electron chi connectivity index (χ4n) is 6.62. The highest BCUT2D eigenvalue weighted by Crippen LogP contribution is 2.69. The Bertz CT molecular complexity index is 931. The van der Waals surface area contributed by atoms with Gasteiger partial charge in [-0.1, -0.05) is 44.2 Å². The predicted octanol–water partition coefficient (Wildman–Crippen LogP) is 3.63. The molecule has 6 atom stereocenters. The third kappa shape index (κ3) is 3.75. The maximum absolute atomic E-state index is 12.9. The van der Waals surface area contributed by atoms with Gasteiger partial charge in [-0.3, -0.25) is 0 Å². The van der Waals surface area contributed by atoms with Crippen molar-refractivity contribution < 1.29 is 18.8 Å². The normalized spacial score (nSPS) is 37.3. The maximum Gasteiger partial charge on any atom is 0.487 e. The van der Waals surface area contributed by atoms with Crippen LogP contribution in [0, 0.1) is 23.8 Å². The predicted molar refractivity (Wildman–Crippen MR) is 127 cm³/mol. The zero-order chi connectivity index (χ0) is 23.3. The van der Waals surface area contributed by atoms with E-state index in [2.05, 4.69) is 36.2 Å². The molecule has 1 amide bonds. The van der Waals surface area contributed by atoms with Gasteiger partial charge in [0.25, 0.3) is 6.57 Å². The van der Waals surface area contributed by atoms with Crippen molar-refractivity contribution in [1.29, 1.82) is 0 Å². The second kappa shape index (κ2) is 8.30. The van der Waals surface area contributed by atoms with Gasteiger partial charge < -0.3 is 24.7 Å². The number of benzene rings is 1. The van der Waals surface area contributed by atoms with Crippen molar-refractivity contribution in [3.8, 4) is 6.57 Å². The zero-order valence-electron chi connectivity index (χ0n) is 19.9. The summed E-state index contributed by atoms with van der Waals surface area (Å²) in [7, 11) is -0.672. The van der Waals surface area contributed by atoms with Crippen molar-refractivity contribution in [2.45, 2.75) is 76.2 Å². The average molecular weight is 452 g/mol. The molecule has 176 valence electrons. The lowest BCUT2D eigenvalue weighted by Gasteiger charge is -2.63. The van der Waals surface area contributed by atoms with Crippen LogP contribution in [0.4, 0.5) is 4.79 Å². The van der Waals surface area contributed by atoms with Crippen LogP contribution in [0.3, 0.4) is 0 Å². The van der Waals surface area contributed by atoms with E-state index in [1.54, 1.807) is 0 Å². The topological polar surface area (TPSA) is 73.2 Å². The van der Waals surface area contributed by atoms with Crippen molar-refractivity contribution in [2.75, 3.05) is 13.1 Å². The first-order valence-corrected chi connectivity index (χ1v) is 12.3. The van der Waals surface area contributed by atoms with Crippen LogP contribution in [0.15, 0.2) is 30.3 Å². The Kier molecular flexibility index (Phi) is 5.71. The standard InChI is InChI=1S/C25H34BN3O4/c1-23(2)18-14-20(23)24(3)25(15-18,27-4)33-26(32-24)21(13-17-9-6-5-7-10-17)29-22(30)31-19-11-8-12-28-16-19/h4-7,9-10,18-21,28H,8,11-16H2,1-3H3/p+1/t18-,19+,20-,21-,24-,25+/m0/s1. The Morgan fingerprint density at radius 3 is 2.79 bits per heavy atom. The summed E-state index contributed by atoms with van der Waals surface area (Å²) in [5, 5.41) is 6.33. The quantitative estimate of drug-likeness (QED) is 0.668. The Morgan fingerprint density at radius 1 is 1.33 bits per heavy atom. The number of carbonyl (C=O) groups is 1. The summed E-state index contributed by atoms with van der Waals surface area (Å²) in [6.45, 7) is 14.3. The van der Waals surface area contributed by atoms with Gasteiger partial charge >= 0.3 is 18.9 Å². The number of ether oxygens (including phenoxy) is 1. The van der Waals surface area contributed by atoms with E-state index in [1.807, 2.05) is 30.3 Å². The van der Waals surface area contributed by atoms with E-state index in [0.29, 0.717) is 24.8 Å². The molecule has 2 saturated heterocycles. The lowest BCUT2D eigenvalue weighted by Crippen LogP contribution is -2.70. The Labute approximate surface area is 196 Å². The number of carbonyl (C=O) groups excluding carboxylic acids is 1. The molecule has 2 heterocycles. The second-order valence-corrected chi connectivity index (χ2v) is 10.9. The minimum absolute atomic E-state index is 0.125. The molecule has 2 N–H and O–H groups in total. The summed E-state index contributed by atoms with van der Waals surface area (Å²) in [5.74, 6) is 0.353. The summed E-state index contributed by atoms with van der Waals surface area (Å²) >= 11 is 0. The van der Waals surface area contributed by atoms with E-state index in [0.717, 1.165) is 37.8 Å². The number of piperidine rings is 1. The molecular weight excluding hydrogens is 417 g/mol. The molecule has 5 aliphatic rings. The summed E-state index contributed by atoms with van der Waals surface area (Å²) in [6.07, 6.45) is 3.67. The van der Waals surface area contributed by atoms with Gasteiger partial charge in [0.2, 0.25) is 0 Å². The van der Waals surface area contributed by atoms with Gasteiger partial charge in [-0.15, -0.1) is 0 Å². The van der Waals surface area contributed by atoms with Crippen LogP contribution >= 0.6 is 0 Å². The molecule has 0 radical (unpaired) electrons. The molecule has 3 aliphatic carbocycles. The SMILES string of the molecule is C#[N+][C@@]12C[C@@H]3C[C@@H](C3(C)C)[C@]1(C)OB([C@H](Cc1ccccc1)NC(=O)O[C@@H]1CCCNC1)O2. The highest BCUT2D eigenvalue weighted by atomic mass is 16.7. The monoisotopic (exact) mass is 452 g/mol. The third-order valence-corrected chi connectivity index (χ3v) is 8.77. The molecule has 1 aromatic carbocycles. The van der Waals surface area contributed by atoms with Crippen molar-refractivity contribution in [2.24, 2.45) is 17.3 Å². The van der Waals surface area contributed by atoms with E-state index in [4.69, 9.17) is 20.6 Å². The maximum atomic E-state index is 12.9. The van der Waals surface area contributed by atoms with Crippen LogP contribution in [0.5, 0.6) is 0 Å². The molecular formula is C25H35BN3O4+. The van der Waals surface area contributed by atoms with E-state index >= 15 is 0 Å². The molecule has 6 rings (SSSR count). The molecule has 2 bridgehead atoms. The second-order valence-electron chi connectivity index (χ2n) is 10.9. The van der Waals surface area contributed by atoms with Crippen LogP contribution in [-0.2, 0) is 20.5 Å². The van der Waals surface area contributed by atoms with Gasteiger partial charge in [-0.2, -0.15) is 0 Å². The van der Waals surface area contributed by atoms with Gasteiger partial charge in [-0.05, 0) is 60.9 Å². The molecule has 0 spiro atoms. The van der Waals surface area contributed by atoms with Crippen LogP contribution in [0.25, 0.3) is 4.85 Å². The molecule has 5 fully saturated rings. The van der Waals surface area contributed by atoms with E-state index in [9.17, 15) is 4.79 Å². The van der Waals surface area contributed by atoms with Crippen LogP contribution in [0.1, 0.15) is 52.0 Å². The lowest BCUT2D eigenvalue weighted by molar-refractivity contribution is -0.226. The van der Waals surface area contributed by atoms with Crippen LogP contribution < -0.4 is 10.6 Å². The third-order valence-electron chi connectivity index (χ3n) is 8.77. The smallest absolute Gasteiger partial charge is 0.445 e. The fourth-order valence-corrected chi connectivity index (χ4v) is 6.62. The van der Waals surface area contributed by atoms with E-state index in [1.165, 1.54) is 0 Å². The van der Waals surface area contributed by atoms with Gasteiger partial charge in [0.1, 0.15) is 6.10 Å². The highest BCUT2D eigenvalue weighted by Gasteiger charge is 2.81. The summed E-state index contributed by atoms with van der Waals surface area (Å²) in [4.78, 5) is 17.1. The fraction of sp³-hybridized carbons (Fsp3) is 0.680. The van der Waals surface area contributed by atoms with E-state index < -0.39 is 30.5 Å². The zero-order valence-corrected chi connectivity index (χ0v) is 19.9. The van der Waals surface area contributed by atoms with Gasteiger partial charge in [-0.25, -0.2) is 4.79 Å². The van der Waals surface area contributed by atoms with Crippen molar-refractivity contribution in [3.63, 3.8) is 0 Å². The number of amides is 1. The molecule has 1 aromatic rings. The Hall–Kier alpha value is -2.08. The number of rotatable bonds is 5. The number of alkyl carbamates (subject to hydrolysis) is 1. The summed E-state index contributed by atoms with van der Waals surface area (Å²) in [6, 6.07) is 10.0. The number of nitrogens with zero attached hydrogens (tertiary/aromatic N) is 1. The van der Waals surface area contributed by atoms with Gasteiger partial charge in [0.05, 0.1) is 12.4 Å². The molecule has 33 heavy (non-hydrogen) atoms. The molecule has 0 unspecified atom stereocenters. The first-order valence-electron chi connectivity index (χ1n) is 12.3. The molecule has 2 aliphatic heterocycles. The minimum Gasteiger partial charge on any atom is -0.445 e. The summed E-state index contributed by atoms with van der Waals surface area (Å²) in [5.41, 5.74) is -0.304. The number of nitrogens with one attached hydrogen (secondary N) is 2. The largest absolute Gasteiger partial charge is 0.487 e. The lowest BCUT2D eigenvalue weighted by atomic mass is 9.42. The van der Waals surface area contributed by atoms with Crippen molar-refractivity contribution in [3.05, 3.63) is 40.7 Å². The molecule has 7 nitrogen and oxygen atoms in total. The van der Waals surface area contributed by atoms with E-state index in [-0.39, 0.29) is 11.5 Å². The van der Waals surface area contributed by atoms with Gasteiger partial charge in [0, 0.05) is 12.5 Å². The number of hydrogen-bond donors (Lipinski definition) is 2. The highest BCUT2D eigenvalue weighted by molar-refractivity contribution is 6.48. The summed E-state index contributed by atoms with van der Waals surface area (Å²) < 4.78 is 18.9. The first kappa shape index (κ1) is 22.7. The van der Waals surface area contributed by atoms with Crippen molar-refractivity contribution >= 4 is 13.2 Å². The van der Waals surface area contributed by atoms with Crippen LogP contribution in [-0.4, -0.2) is 49.7 Å². The van der Waals surface area contributed by atoms with Crippen LogP contribution in [0.2, 0.25) is 0 Å². The Balaban J connectivity index is 1.37. The van der Waals surface area contributed by atoms with Gasteiger partial charge in [0.15, 0.2) is 5.60 Å². The average Bonchev–Trinajstić information content (AvgIpc) is 3.13. The number of hydrogen-bond acceptors (Lipinski definition) is 5. The Morgan fingerprint density at radius 2 is 2.12 bits per heavy atom. The molecule has 8 heteroatoms. The first-order chi connectivity index (χ1) is 15.8. The molecule has 3 saturated carbocycles.